The van der Waals surface area contributed by atoms with E-state index >= 15 is 0 Å². The maximum atomic E-state index is 13.2. The van der Waals surface area contributed by atoms with Gasteiger partial charge in [0.25, 0.3) is 0 Å². The van der Waals surface area contributed by atoms with Gasteiger partial charge in [0, 0.05) is 31.0 Å². The van der Waals surface area contributed by atoms with Crippen molar-refractivity contribution >= 4 is 35.6 Å². The molecule has 4 aliphatic rings. The second-order valence-corrected chi connectivity index (χ2v) is 20.7. The molecule has 4 bridgehead atoms. The number of carboxylic acids is 1. The summed E-state index contributed by atoms with van der Waals surface area (Å²) in [4.78, 5) is 74.7. The lowest BCUT2D eigenvalue weighted by atomic mass is 9.86. The first-order valence-corrected chi connectivity index (χ1v) is 24.3. The molecule has 4 N–H and O–H groups in total. The van der Waals surface area contributed by atoms with E-state index < -0.39 is 41.4 Å². The van der Waals surface area contributed by atoms with Crippen molar-refractivity contribution in [3.05, 3.63) is 95.1 Å². The van der Waals surface area contributed by atoms with Crippen LogP contribution in [-0.4, -0.2) is 68.9 Å². The van der Waals surface area contributed by atoms with Crippen LogP contribution in [0.4, 0.5) is 9.59 Å². The standard InChI is InChI=1S/C27H38N2O4.C17H29NO5.C10H11N/c1-7-17(2)19(16-24(30)18(3)28-26(32)33-27(4,5)6)12-15-25(31)29-22-13-14-23(29)21-11-9-8-10-20(21)22;1-7-11(2)13(8-9-15(20)21)10-14(19)12(3)18-16(22)23-17(4,5)6;1-2-4-8-7(3-1)9-5-6-10(8)11-9/h8-12,15,17-19,22-23H,7,13-14,16H2,1-6H3,(H,28,32);8-9,11-13H,7,10H2,1-6H3,(H,18,22)(H,20,21);1-4,9-11H,5-6H2/b15-12+;9-8+;/t17-,18-,19-,22-,23+;11-,12-,13-;9-,10+/m00./s1. The fourth-order valence-corrected chi connectivity index (χ4v) is 9.19. The van der Waals surface area contributed by atoms with Gasteiger partial charge in [-0.1, -0.05) is 101 Å². The number of ether oxygens (including phenoxy) is 2. The number of amides is 3. The fraction of sp³-hybridized carbons (Fsp3) is 0.593. The van der Waals surface area contributed by atoms with Crippen molar-refractivity contribution in [2.24, 2.45) is 23.7 Å². The molecule has 0 saturated carbocycles. The smallest absolute Gasteiger partial charge is 0.408 e. The Balaban J connectivity index is 0.000000247. The number of ketones is 2. The Bertz CT molecular complexity index is 2040. The molecule has 2 fully saturated rings. The van der Waals surface area contributed by atoms with E-state index in [4.69, 9.17) is 14.6 Å². The molecule has 0 unspecified atom stereocenters. The van der Waals surface area contributed by atoms with E-state index in [0.717, 1.165) is 31.8 Å². The van der Waals surface area contributed by atoms with Gasteiger partial charge in [0.15, 0.2) is 11.6 Å². The van der Waals surface area contributed by atoms with E-state index in [9.17, 15) is 28.8 Å². The molecule has 10 atom stereocenters. The zero-order valence-electron chi connectivity index (χ0n) is 42.0. The van der Waals surface area contributed by atoms with Crippen LogP contribution in [-0.2, 0) is 28.7 Å². The van der Waals surface area contributed by atoms with E-state index in [1.807, 2.05) is 37.0 Å². The molecule has 2 aromatic rings. The third-order valence-corrected chi connectivity index (χ3v) is 13.3. The van der Waals surface area contributed by atoms with Crippen LogP contribution in [0, 0.1) is 23.7 Å². The van der Waals surface area contributed by atoms with Gasteiger partial charge in [-0.2, -0.15) is 0 Å². The number of hydrogen-bond donors (Lipinski definition) is 4. The average molecular weight is 927 g/mol. The Morgan fingerprint density at radius 2 is 1.01 bits per heavy atom. The van der Waals surface area contributed by atoms with Crippen LogP contribution in [0.3, 0.4) is 0 Å². The Hall–Kier alpha value is -5.30. The number of carboxylic acid groups (broad SMARTS) is 1. The number of fused-ring (bicyclic) bond motifs is 10. The van der Waals surface area contributed by atoms with Crippen molar-refractivity contribution in [2.75, 3.05) is 0 Å². The Morgan fingerprint density at radius 3 is 1.37 bits per heavy atom. The van der Waals surface area contributed by atoms with E-state index in [2.05, 4.69) is 66.2 Å². The Labute approximate surface area is 399 Å². The molecule has 368 valence electrons. The summed E-state index contributed by atoms with van der Waals surface area (Å²) in [7, 11) is 0. The van der Waals surface area contributed by atoms with E-state index in [1.54, 1.807) is 78.7 Å². The minimum Gasteiger partial charge on any atom is -0.478 e. The lowest BCUT2D eigenvalue weighted by molar-refractivity contribution is -0.131. The average Bonchev–Trinajstić information content (AvgIpc) is 4.06. The van der Waals surface area contributed by atoms with Gasteiger partial charge < -0.3 is 35.4 Å². The van der Waals surface area contributed by atoms with E-state index in [1.165, 1.54) is 24.0 Å². The number of rotatable bonds is 16. The molecule has 4 aliphatic heterocycles. The molecule has 13 nitrogen and oxygen atoms in total. The van der Waals surface area contributed by atoms with Crippen LogP contribution in [0.5, 0.6) is 0 Å². The highest BCUT2D eigenvalue weighted by atomic mass is 16.6. The predicted molar refractivity (Wildman–Crippen MR) is 261 cm³/mol. The molecule has 4 heterocycles. The molecule has 2 aromatic carbocycles. The van der Waals surface area contributed by atoms with Crippen LogP contribution in [0.1, 0.15) is 181 Å². The van der Waals surface area contributed by atoms with Gasteiger partial charge in [-0.25, -0.2) is 14.4 Å². The summed E-state index contributed by atoms with van der Waals surface area (Å²) >= 11 is 0. The Morgan fingerprint density at radius 1 is 0.642 bits per heavy atom. The van der Waals surface area contributed by atoms with Gasteiger partial charge in [-0.15, -0.1) is 0 Å². The fourth-order valence-electron chi connectivity index (χ4n) is 9.19. The van der Waals surface area contributed by atoms with E-state index in [0.29, 0.717) is 12.1 Å². The lowest BCUT2D eigenvalue weighted by Gasteiger charge is -2.24. The molecular weight excluding hydrogens is 849 g/mol. The SMILES string of the molecule is CC[C@H](C)[C@@H](/C=C/C(=O)N1[C@@H]2CC[C@H]1c1ccccc12)CC(=O)[C@H](C)NC(=O)OC(C)(C)C.CC[C@H](C)[C@@H](/C=C/C(=O)O)CC(=O)[C@H](C)NC(=O)OC(C)(C)C.c1ccc2c(c1)[C@@H]1CC[C@H]2N1. The van der Waals surface area contributed by atoms with Crippen molar-refractivity contribution < 1.29 is 43.3 Å². The van der Waals surface area contributed by atoms with Gasteiger partial charge in [-0.05, 0) is 133 Å². The summed E-state index contributed by atoms with van der Waals surface area (Å²) in [5, 5.41) is 17.5. The summed E-state index contributed by atoms with van der Waals surface area (Å²) < 4.78 is 10.4. The highest BCUT2D eigenvalue weighted by Crippen LogP contribution is 2.53. The number of Topliss-reactive ketones (excluding diaryl/α,β-unsaturated/α-hetero) is 2. The molecule has 0 aliphatic carbocycles. The number of nitrogens with one attached hydrogen (secondary N) is 3. The highest BCUT2D eigenvalue weighted by Gasteiger charge is 2.45. The number of hydrogen-bond acceptors (Lipinski definition) is 9. The molecule has 0 aromatic heterocycles. The monoisotopic (exact) mass is 927 g/mol. The summed E-state index contributed by atoms with van der Waals surface area (Å²) in [5.74, 6) is -1.09. The minimum absolute atomic E-state index is 0.0133. The summed E-state index contributed by atoms with van der Waals surface area (Å²) in [6.45, 7) is 22.0. The number of benzene rings is 2. The number of carbonyl (C=O) groups is 6. The third kappa shape index (κ3) is 15.9. The molecule has 67 heavy (non-hydrogen) atoms. The molecule has 0 spiro atoms. The van der Waals surface area contributed by atoms with Crippen molar-refractivity contribution in [3.8, 4) is 0 Å². The molecule has 0 radical (unpaired) electrons. The van der Waals surface area contributed by atoms with Gasteiger partial charge in [0.05, 0.1) is 24.2 Å². The van der Waals surface area contributed by atoms with Gasteiger partial charge in [0.2, 0.25) is 5.91 Å². The van der Waals surface area contributed by atoms with Crippen LogP contribution >= 0.6 is 0 Å². The molecule has 13 heteroatoms. The molecule has 6 rings (SSSR count). The third-order valence-electron chi connectivity index (χ3n) is 13.3. The number of alkyl carbamates (subject to hydrolysis) is 2. The zero-order chi connectivity index (χ0) is 49.8. The van der Waals surface area contributed by atoms with Gasteiger partial charge in [0.1, 0.15) is 11.2 Å². The van der Waals surface area contributed by atoms with Crippen molar-refractivity contribution in [1.29, 1.82) is 0 Å². The zero-order valence-corrected chi connectivity index (χ0v) is 42.0. The second kappa shape index (κ2) is 24.1. The molecule has 3 amide bonds. The number of carbonyl (C=O) groups excluding carboxylic acids is 5. The second-order valence-electron chi connectivity index (χ2n) is 20.7. The maximum absolute atomic E-state index is 13.2. The lowest BCUT2D eigenvalue weighted by Crippen LogP contribution is -2.42. The highest BCUT2D eigenvalue weighted by molar-refractivity contribution is 5.90. The molecule has 2 saturated heterocycles. The maximum Gasteiger partial charge on any atom is 0.408 e. The molecular formula is C54H78N4O9. The normalized spacial score (nSPS) is 21.6. The predicted octanol–water partition coefficient (Wildman–Crippen LogP) is 10.8. The first-order chi connectivity index (χ1) is 31.4. The largest absolute Gasteiger partial charge is 0.478 e. The van der Waals surface area contributed by atoms with Crippen LogP contribution in [0.2, 0.25) is 0 Å². The quantitative estimate of drug-likeness (QED) is 0.118. The van der Waals surface area contributed by atoms with Crippen molar-refractivity contribution in [3.63, 3.8) is 0 Å². The van der Waals surface area contributed by atoms with Crippen LogP contribution in [0.15, 0.2) is 72.8 Å². The number of nitrogens with zero attached hydrogens (tertiary/aromatic N) is 1. The Kier molecular flexibility index (Phi) is 19.6. The van der Waals surface area contributed by atoms with Gasteiger partial charge >= 0.3 is 18.2 Å². The van der Waals surface area contributed by atoms with Crippen LogP contribution in [0.25, 0.3) is 0 Å². The topological polar surface area (TPSA) is 180 Å². The van der Waals surface area contributed by atoms with Crippen molar-refractivity contribution in [1.82, 2.24) is 20.9 Å². The first-order valence-electron chi connectivity index (χ1n) is 24.3. The van der Waals surface area contributed by atoms with E-state index in [-0.39, 0.29) is 66.1 Å². The number of allylic oxidation sites excluding steroid dienone is 2. The van der Waals surface area contributed by atoms with Gasteiger partial charge in [-0.3, -0.25) is 14.4 Å². The number of aliphatic carboxylic acids is 1. The summed E-state index contributed by atoms with van der Waals surface area (Å²) in [5.41, 5.74) is 4.38. The van der Waals surface area contributed by atoms with Crippen LogP contribution < -0.4 is 16.0 Å². The first kappa shape index (κ1) is 54.3. The minimum atomic E-state index is -1.04. The van der Waals surface area contributed by atoms with Crippen molar-refractivity contribution in [2.45, 2.75) is 182 Å². The summed E-state index contributed by atoms with van der Waals surface area (Å²) in [6.07, 6.45) is 11.8. The summed E-state index contributed by atoms with van der Waals surface area (Å²) in [6, 6.07) is 17.5.